The molecule has 2 N–H and O–H groups in total. The lowest BCUT2D eigenvalue weighted by atomic mass is 9.92. The number of hydrogen-bond donors (Lipinski definition) is 2. The molecule has 114 valence electrons. The molecule has 21 heavy (non-hydrogen) atoms. The van der Waals surface area contributed by atoms with E-state index in [4.69, 9.17) is 4.74 Å². The molecule has 5 nitrogen and oxygen atoms in total. The van der Waals surface area contributed by atoms with E-state index in [0.717, 1.165) is 37.9 Å². The lowest BCUT2D eigenvalue weighted by Gasteiger charge is -2.42. The van der Waals surface area contributed by atoms with Crippen molar-refractivity contribution in [3.05, 3.63) is 29.8 Å². The first-order valence-electron chi connectivity index (χ1n) is 7.58. The minimum atomic E-state index is -0.220. The van der Waals surface area contributed by atoms with Crippen LogP contribution in [0, 0.1) is 0 Å². The van der Waals surface area contributed by atoms with Crippen LogP contribution in [0.3, 0.4) is 0 Å². The summed E-state index contributed by atoms with van der Waals surface area (Å²) in [6.07, 6.45) is 2.97. The Bertz CT molecular complexity index is 510. The Morgan fingerprint density at radius 1 is 1.29 bits per heavy atom. The molecule has 1 aromatic carbocycles. The van der Waals surface area contributed by atoms with Crippen molar-refractivity contribution in [2.75, 3.05) is 26.2 Å². The molecule has 0 saturated carbocycles. The van der Waals surface area contributed by atoms with Crippen LogP contribution in [0.15, 0.2) is 24.3 Å². The van der Waals surface area contributed by atoms with Crippen molar-refractivity contribution in [2.24, 2.45) is 0 Å². The van der Waals surface area contributed by atoms with Gasteiger partial charge in [-0.05, 0) is 38.4 Å². The van der Waals surface area contributed by atoms with E-state index < -0.39 is 0 Å². The molecule has 1 spiro atoms. The number of amides is 1. The summed E-state index contributed by atoms with van der Waals surface area (Å²) in [7, 11) is 0. The van der Waals surface area contributed by atoms with Crippen LogP contribution in [0.5, 0.6) is 5.75 Å². The summed E-state index contributed by atoms with van der Waals surface area (Å²) in [5.41, 5.74) is 0.566. The molecule has 0 aliphatic carbocycles. The Hall–Kier alpha value is -1.59. The molecule has 1 atom stereocenters. The molecule has 2 heterocycles. The van der Waals surface area contributed by atoms with Gasteiger partial charge in [0.15, 0.2) is 0 Å². The molecule has 2 aliphatic rings. The number of hydrogen-bond acceptors (Lipinski definition) is 4. The fraction of sp³-hybridized carbons (Fsp3) is 0.562. The number of carbonyl (C=O) groups is 1. The third-order valence-corrected chi connectivity index (χ3v) is 4.43. The first kappa shape index (κ1) is 14.4. The van der Waals surface area contributed by atoms with Crippen LogP contribution in [0.2, 0.25) is 0 Å². The minimum Gasteiger partial charge on any atom is -0.508 e. The van der Waals surface area contributed by atoms with Crippen LogP contribution in [0.4, 0.5) is 0 Å². The van der Waals surface area contributed by atoms with Gasteiger partial charge in [0, 0.05) is 12.1 Å². The molecule has 0 bridgehead atoms. The number of morpholine rings is 1. The van der Waals surface area contributed by atoms with E-state index in [1.54, 1.807) is 12.1 Å². The number of ether oxygens (including phenoxy) is 1. The maximum absolute atomic E-state index is 12.1. The number of para-hydroxylation sites is 1. The highest BCUT2D eigenvalue weighted by molar-refractivity contribution is 5.78. The molecule has 2 fully saturated rings. The Balaban J connectivity index is 1.74. The smallest absolute Gasteiger partial charge is 0.249 e. The first-order chi connectivity index (χ1) is 10.2. The molecular weight excluding hydrogens is 268 g/mol. The SMILES string of the molecule is O=C1COC2(CCCNCC2)CN1Cc1ccccc1O. The Kier molecular flexibility index (Phi) is 4.12. The van der Waals surface area contributed by atoms with Crippen molar-refractivity contribution in [3.63, 3.8) is 0 Å². The fourth-order valence-corrected chi connectivity index (χ4v) is 3.19. The Labute approximate surface area is 124 Å². The van der Waals surface area contributed by atoms with E-state index in [1.807, 2.05) is 17.0 Å². The van der Waals surface area contributed by atoms with Gasteiger partial charge >= 0.3 is 0 Å². The normalized spacial score (nSPS) is 26.9. The summed E-state index contributed by atoms with van der Waals surface area (Å²) in [5.74, 6) is 0.245. The number of rotatable bonds is 2. The zero-order chi connectivity index (χ0) is 14.7. The highest BCUT2D eigenvalue weighted by Gasteiger charge is 2.39. The highest BCUT2D eigenvalue weighted by atomic mass is 16.5. The van der Waals surface area contributed by atoms with Gasteiger partial charge in [0.1, 0.15) is 12.4 Å². The van der Waals surface area contributed by atoms with Gasteiger partial charge in [-0.25, -0.2) is 0 Å². The molecule has 0 radical (unpaired) electrons. The maximum Gasteiger partial charge on any atom is 0.249 e. The van der Waals surface area contributed by atoms with E-state index in [-0.39, 0.29) is 23.9 Å². The summed E-state index contributed by atoms with van der Waals surface area (Å²) in [4.78, 5) is 13.9. The van der Waals surface area contributed by atoms with Crippen molar-refractivity contribution in [1.29, 1.82) is 0 Å². The Morgan fingerprint density at radius 3 is 3.00 bits per heavy atom. The van der Waals surface area contributed by atoms with E-state index in [9.17, 15) is 9.90 Å². The standard InChI is InChI=1S/C16H22N2O3/c19-14-5-2-1-4-13(14)10-18-12-16(21-11-15(18)20)6-3-8-17-9-7-16/h1-2,4-5,17,19H,3,6-12H2. The van der Waals surface area contributed by atoms with Gasteiger partial charge in [0.2, 0.25) is 5.91 Å². The van der Waals surface area contributed by atoms with Gasteiger partial charge in [-0.2, -0.15) is 0 Å². The van der Waals surface area contributed by atoms with Gasteiger partial charge in [-0.1, -0.05) is 18.2 Å². The summed E-state index contributed by atoms with van der Waals surface area (Å²) >= 11 is 0. The number of phenols is 1. The van der Waals surface area contributed by atoms with Crippen molar-refractivity contribution in [1.82, 2.24) is 10.2 Å². The molecular formula is C16H22N2O3. The van der Waals surface area contributed by atoms with Crippen LogP contribution in [-0.2, 0) is 16.1 Å². The van der Waals surface area contributed by atoms with Crippen LogP contribution in [0.1, 0.15) is 24.8 Å². The average Bonchev–Trinajstić information content (AvgIpc) is 2.71. The summed E-state index contributed by atoms with van der Waals surface area (Å²) in [6.45, 7) is 3.15. The molecule has 2 saturated heterocycles. The van der Waals surface area contributed by atoms with Crippen molar-refractivity contribution in [2.45, 2.75) is 31.4 Å². The van der Waals surface area contributed by atoms with Crippen LogP contribution < -0.4 is 5.32 Å². The number of nitrogens with zero attached hydrogens (tertiary/aromatic N) is 1. The number of nitrogens with one attached hydrogen (secondary N) is 1. The number of phenolic OH excluding ortho intramolecular Hbond substituents is 1. The zero-order valence-corrected chi connectivity index (χ0v) is 12.2. The molecule has 1 unspecified atom stereocenters. The number of benzene rings is 1. The predicted octanol–water partition coefficient (Wildman–Crippen LogP) is 1.26. The van der Waals surface area contributed by atoms with Gasteiger partial charge in [0.05, 0.1) is 12.1 Å². The van der Waals surface area contributed by atoms with Gasteiger partial charge in [0.25, 0.3) is 0 Å². The lowest BCUT2D eigenvalue weighted by Crippen LogP contribution is -2.54. The maximum atomic E-state index is 12.1. The Morgan fingerprint density at radius 2 is 2.14 bits per heavy atom. The zero-order valence-electron chi connectivity index (χ0n) is 12.2. The van der Waals surface area contributed by atoms with Gasteiger partial charge < -0.3 is 20.1 Å². The van der Waals surface area contributed by atoms with Crippen molar-refractivity contribution in [3.8, 4) is 5.75 Å². The molecule has 1 aromatic rings. The van der Waals surface area contributed by atoms with Crippen LogP contribution in [0.25, 0.3) is 0 Å². The topological polar surface area (TPSA) is 61.8 Å². The monoisotopic (exact) mass is 290 g/mol. The fourth-order valence-electron chi connectivity index (χ4n) is 3.19. The number of carbonyl (C=O) groups excluding carboxylic acids is 1. The number of aromatic hydroxyl groups is 1. The van der Waals surface area contributed by atoms with Crippen LogP contribution in [-0.4, -0.2) is 47.8 Å². The second-order valence-corrected chi connectivity index (χ2v) is 5.95. The molecule has 0 aromatic heterocycles. The average molecular weight is 290 g/mol. The summed E-state index contributed by atoms with van der Waals surface area (Å²) < 4.78 is 5.90. The van der Waals surface area contributed by atoms with Crippen LogP contribution >= 0.6 is 0 Å². The third-order valence-electron chi connectivity index (χ3n) is 4.43. The molecule has 1 amide bonds. The second-order valence-electron chi connectivity index (χ2n) is 5.95. The minimum absolute atomic E-state index is 0.00100. The molecule has 5 heteroatoms. The second kappa shape index (κ2) is 6.03. The van der Waals surface area contributed by atoms with E-state index >= 15 is 0 Å². The molecule has 3 rings (SSSR count). The first-order valence-corrected chi connectivity index (χ1v) is 7.58. The van der Waals surface area contributed by atoms with Gasteiger partial charge in [-0.3, -0.25) is 4.79 Å². The predicted molar refractivity (Wildman–Crippen MR) is 78.9 cm³/mol. The van der Waals surface area contributed by atoms with E-state index in [0.29, 0.717) is 13.1 Å². The summed E-state index contributed by atoms with van der Waals surface area (Å²) in [5, 5.41) is 13.3. The van der Waals surface area contributed by atoms with E-state index in [1.165, 1.54) is 0 Å². The highest BCUT2D eigenvalue weighted by Crippen LogP contribution is 2.30. The van der Waals surface area contributed by atoms with E-state index in [2.05, 4.69) is 5.32 Å². The lowest BCUT2D eigenvalue weighted by molar-refractivity contribution is -0.166. The van der Waals surface area contributed by atoms with Crippen molar-refractivity contribution >= 4 is 5.91 Å². The third kappa shape index (κ3) is 3.19. The van der Waals surface area contributed by atoms with Gasteiger partial charge in [-0.15, -0.1) is 0 Å². The summed E-state index contributed by atoms with van der Waals surface area (Å²) in [6, 6.07) is 7.19. The molecule has 2 aliphatic heterocycles. The quantitative estimate of drug-likeness (QED) is 0.861. The van der Waals surface area contributed by atoms with Crippen molar-refractivity contribution < 1.29 is 14.6 Å². The largest absolute Gasteiger partial charge is 0.508 e.